The third-order valence-corrected chi connectivity index (χ3v) is 2.41. The molecule has 0 aliphatic heterocycles. The molecular formula is C12H18N2. The molecule has 3 N–H and O–H groups in total. The summed E-state index contributed by atoms with van der Waals surface area (Å²) in [7, 11) is 0. The highest BCUT2D eigenvalue weighted by atomic mass is 15.2. The van der Waals surface area contributed by atoms with Gasteiger partial charge in [-0.15, -0.1) is 6.58 Å². The number of nitrogens with one attached hydrogen (secondary N) is 1. The van der Waals surface area contributed by atoms with Crippen molar-refractivity contribution in [3.8, 4) is 0 Å². The monoisotopic (exact) mass is 190 g/mol. The zero-order valence-corrected chi connectivity index (χ0v) is 8.66. The molecule has 0 aliphatic rings. The predicted octanol–water partition coefficient (Wildman–Crippen LogP) is 1.95. The fourth-order valence-electron chi connectivity index (χ4n) is 1.52. The minimum absolute atomic E-state index is 0.286. The van der Waals surface area contributed by atoms with Gasteiger partial charge in [-0.1, -0.05) is 30.3 Å². The molecular weight excluding hydrogens is 172 g/mol. The topological polar surface area (TPSA) is 38.0 Å². The van der Waals surface area contributed by atoms with Crippen LogP contribution in [0.4, 0.5) is 0 Å². The van der Waals surface area contributed by atoms with E-state index in [0.29, 0.717) is 0 Å². The molecule has 0 heterocycles. The lowest BCUT2D eigenvalue weighted by molar-refractivity contribution is 0.530. The number of benzene rings is 1. The van der Waals surface area contributed by atoms with Crippen LogP contribution in [0.25, 0.3) is 0 Å². The van der Waals surface area contributed by atoms with E-state index in [9.17, 15) is 0 Å². The van der Waals surface area contributed by atoms with Gasteiger partial charge in [0.05, 0.1) is 0 Å². The van der Waals surface area contributed by atoms with Gasteiger partial charge in [0, 0.05) is 6.04 Å². The molecule has 1 unspecified atom stereocenters. The smallest absolute Gasteiger partial charge is 0.0285 e. The number of nitrogens with two attached hydrogens (primary N) is 1. The average molecular weight is 190 g/mol. The second kappa shape index (κ2) is 5.58. The summed E-state index contributed by atoms with van der Waals surface area (Å²) in [6, 6.07) is 8.66. The van der Waals surface area contributed by atoms with E-state index in [0.717, 1.165) is 12.8 Å². The van der Waals surface area contributed by atoms with E-state index in [2.05, 4.69) is 43.2 Å². The normalized spacial score (nSPS) is 12.4. The van der Waals surface area contributed by atoms with Crippen LogP contribution in [0, 0.1) is 6.92 Å². The first-order valence-electron chi connectivity index (χ1n) is 4.89. The van der Waals surface area contributed by atoms with Gasteiger partial charge in [-0.05, 0) is 30.9 Å². The maximum atomic E-state index is 5.46. The third-order valence-electron chi connectivity index (χ3n) is 2.41. The van der Waals surface area contributed by atoms with Crippen molar-refractivity contribution >= 4 is 0 Å². The Kier molecular flexibility index (Phi) is 4.36. The number of hydrazine groups is 1. The van der Waals surface area contributed by atoms with Crippen LogP contribution in [0.1, 0.15) is 17.5 Å². The van der Waals surface area contributed by atoms with Gasteiger partial charge in [0.2, 0.25) is 0 Å². The van der Waals surface area contributed by atoms with Crippen LogP contribution in [0.15, 0.2) is 36.9 Å². The van der Waals surface area contributed by atoms with Crippen molar-refractivity contribution in [2.75, 3.05) is 0 Å². The van der Waals surface area contributed by atoms with E-state index >= 15 is 0 Å². The van der Waals surface area contributed by atoms with Crippen molar-refractivity contribution in [2.24, 2.45) is 5.84 Å². The third kappa shape index (κ3) is 2.98. The van der Waals surface area contributed by atoms with Crippen molar-refractivity contribution in [1.82, 2.24) is 5.43 Å². The molecule has 1 aromatic carbocycles. The molecule has 0 radical (unpaired) electrons. The molecule has 1 aromatic rings. The Morgan fingerprint density at radius 1 is 1.50 bits per heavy atom. The minimum atomic E-state index is 0.286. The Morgan fingerprint density at radius 2 is 2.21 bits per heavy atom. The summed E-state index contributed by atoms with van der Waals surface area (Å²) in [6.45, 7) is 5.84. The molecule has 2 heteroatoms. The fourth-order valence-corrected chi connectivity index (χ4v) is 1.52. The van der Waals surface area contributed by atoms with Crippen LogP contribution >= 0.6 is 0 Å². The largest absolute Gasteiger partial charge is 0.271 e. The van der Waals surface area contributed by atoms with Gasteiger partial charge >= 0.3 is 0 Å². The van der Waals surface area contributed by atoms with E-state index in [4.69, 9.17) is 5.84 Å². The van der Waals surface area contributed by atoms with Crippen LogP contribution in [0.5, 0.6) is 0 Å². The molecule has 0 bridgehead atoms. The molecule has 0 aliphatic carbocycles. The van der Waals surface area contributed by atoms with Gasteiger partial charge in [0.15, 0.2) is 0 Å². The average Bonchev–Trinajstić information content (AvgIpc) is 2.20. The molecule has 1 atom stereocenters. The molecule has 2 nitrogen and oxygen atoms in total. The van der Waals surface area contributed by atoms with Gasteiger partial charge in [-0.2, -0.15) is 0 Å². The fraction of sp³-hybridized carbons (Fsp3) is 0.333. The van der Waals surface area contributed by atoms with Crippen molar-refractivity contribution in [1.29, 1.82) is 0 Å². The highest BCUT2D eigenvalue weighted by Gasteiger charge is 2.06. The lowest BCUT2D eigenvalue weighted by Gasteiger charge is -2.15. The Labute approximate surface area is 85.8 Å². The number of aryl methyl sites for hydroxylation is 1. The summed E-state index contributed by atoms with van der Waals surface area (Å²) in [5, 5.41) is 0. The molecule has 0 fully saturated rings. The van der Waals surface area contributed by atoms with Crippen molar-refractivity contribution in [3.05, 3.63) is 48.0 Å². The summed E-state index contributed by atoms with van der Waals surface area (Å²) < 4.78 is 0. The van der Waals surface area contributed by atoms with Crippen LogP contribution in [0.3, 0.4) is 0 Å². The lowest BCUT2D eigenvalue weighted by atomic mass is 10.00. The molecule has 0 saturated carbocycles. The molecule has 14 heavy (non-hydrogen) atoms. The molecule has 0 saturated heterocycles. The van der Waals surface area contributed by atoms with Crippen molar-refractivity contribution in [2.45, 2.75) is 25.8 Å². The summed E-state index contributed by atoms with van der Waals surface area (Å²) >= 11 is 0. The van der Waals surface area contributed by atoms with Gasteiger partial charge in [0.1, 0.15) is 0 Å². The van der Waals surface area contributed by atoms with Crippen LogP contribution in [0.2, 0.25) is 0 Å². The maximum Gasteiger partial charge on any atom is 0.0285 e. The SMILES string of the molecule is C=CCC(Cc1ccccc1C)NN. The van der Waals surface area contributed by atoms with Crippen molar-refractivity contribution < 1.29 is 0 Å². The first-order chi connectivity index (χ1) is 6.77. The summed E-state index contributed by atoms with van der Waals surface area (Å²) in [5.74, 6) is 5.46. The van der Waals surface area contributed by atoms with Crippen LogP contribution in [-0.4, -0.2) is 6.04 Å². The molecule has 76 valence electrons. The van der Waals surface area contributed by atoms with Gasteiger partial charge < -0.3 is 0 Å². The number of hydrogen-bond donors (Lipinski definition) is 2. The quantitative estimate of drug-likeness (QED) is 0.423. The second-order valence-corrected chi connectivity index (χ2v) is 3.52. The second-order valence-electron chi connectivity index (χ2n) is 3.52. The Balaban J connectivity index is 2.66. The maximum absolute atomic E-state index is 5.46. The summed E-state index contributed by atoms with van der Waals surface area (Å²) in [5.41, 5.74) is 5.47. The summed E-state index contributed by atoms with van der Waals surface area (Å²) in [4.78, 5) is 0. The minimum Gasteiger partial charge on any atom is -0.271 e. The highest BCUT2D eigenvalue weighted by Crippen LogP contribution is 2.10. The summed E-state index contributed by atoms with van der Waals surface area (Å²) in [6.07, 6.45) is 3.74. The highest BCUT2D eigenvalue weighted by molar-refractivity contribution is 5.26. The van der Waals surface area contributed by atoms with E-state index in [-0.39, 0.29) is 6.04 Å². The predicted molar refractivity (Wildman–Crippen MR) is 60.8 cm³/mol. The van der Waals surface area contributed by atoms with E-state index in [1.165, 1.54) is 11.1 Å². The van der Waals surface area contributed by atoms with E-state index < -0.39 is 0 Å². The molecule has 1 rings (SSSR count). The number of rotatable bonds is 5. The Morgan fingerprint density at radius 3 is 2.79 bits per heavy atom. The van der Waals surface area contributed by atoms with Gasteiger partial charge in [0.25, 0.3) is 0 Å². The van der Waals surface area contributed by atoms with E-state index in [1.807, 2.05) is 6.08 Å². The van der Waals surface area contributed by atoms with Crippen LogP contribution in [-0.2, 0) is 6.42 Å². The van der Waals surface area contributed by atoms with Crippen molar-refractivity contribution in [3.63, 3.8) is 0 Å². The molecule has 0 spiro atoms. The standard InChI is InChI=1S/C12H18N2/c1-3-6-12(14-13)9-11-8-5-4-7-10(11)2/h3-5,7-8,12,14H,1,6,9,13H2,2H3. The van der Waals surface area contributed by atoms with Crippen LogP contribution < -0.4 is 11.3 Å². The lowest BCUT2D eigenvalue weighted by Crippen LogP contribution is -2.36. The first-order valence-corrected chi connectivity index (χ1v) is 4.89. The zero-order chi connectivity index (χ0) is 10.4. The Bertz CT molecular complexity index is 294. The molecule has 0 aromatic heterocycles. The van der Waals surface area contributed by atoms with Gasteiger partial charge in [-0.3, -0.25) is 11.3 Å². The Hall–Kier alpha value is -1.12. The molecule has 0 amide bonds. The van der Waals surface area contributed by atoms with Gasteiger partial charge in [-0.25, -0.2) is 0 Å². The first kappa shape index (κ1) is 11.0. The van der Waals surface area contributed by atoms with E-state index in [1.54, 1.807) is 0 Å². The zero-order valence-electron chi connectivity index (χ0n) is 8.66. The number of hydrogen-bond acceptors (Lipinski definition) is 2.